The van der Waals surface area contributed by atoms with E-state index in [4.69, 9.17) is 0 Å². The van der Waals surface area contributed by atoms with Crippen LogP contribution in [-0.4, -0.2) is 19.1 Å². The number of hydrogen-bond acceptors (Lipinski definition) is 6. The molecule has 0 saturated heterocycles. The van der Waals surface area contributed by atoms with Gasteiger partial charge in [0.05, 0.1) is 21.2 Å². The summed E-state index contributed by atoms with van der Waals surface area (Å²) in [6.07, 6.45) is 0. The Bertz CT molecular complexity index is 1180. The molecule has 0 atom stereocenters. The fraction of sp³-hybridized carbons (Fsp3) is 0.0500. The molecule has 0 amide bonds. The number of para-hydroxylation sites is 1. The molecule has 3 rings (SSSR count). The van der Waals surface area contributed by atoms with Crippen molar-refractivity contribution in [3.8, 4) is 0 Å². The second kappa shape index (κ2) is 8.11. The first-order valence-corrected chi connectivity index (χ1v) is 9.99. The molecule has 0 bridgehead atoms. The van der Waals surface area contributed by atoms with Crippen LogP contribution >= 0.6 is 0 Å². The van der Waals surface area contributed by atoms with Crippen LogP contribution in [0.25, 0.3) is 0 Å². The lowest BCUT2D eigenvalue weighted by Crippen LogP contribution is -2.15. The number of carbonyl (C=O) groups is 1. The highest BCUT2D eigenvalue weighted by atomic mass is 32.2. The number of carbonyl (C=O) groups excluding carboxylic acids is 1. The van der Waals surface area contributed by atoms with Crippen molar-refractivity contribution in [2.24, 2.45) is 0 Å². The predicted molar refractivity (Wildman–Crippen MR) is 110 cm³/mol. The van der Waals surface area contributed by atoms with Crippen LogP contribution in [0.5, 0.6) is 0 Å². The van der Waals surface area contributed by atoms with Crippen molar-refractivity contribution >= 4 is 38.6 Å². The number of anilines is 3. The van der Waals surface area contributed by atoms with E-state index in [9.17, 15) is 23.3 Å². The van der Waals surface area contributed by atoms with Gasteiger partial charge in [-0.05, 0) is 37.3 Å². The zero-order chi connectivity index (χ0) is 21.0. The Morgan fingerprint density at radius 2 is 1.66 bits per heavy atom. The number of sulfonamides is 1. The Morgan fingerprint density at radius 3 is 2.31 bits per heavy atom. The van der Waals surface area contributed by atoms with Crippen LogP contribution in [0, 0.1) is 10.1 Å². The number of Topliss-reactive ketones (excluding diaryl/α,β-unsaturated/α-hetero) is 1. The fourth-order valence-corrected chi connectivity index (χ4v) is 3.72. The van der Waals surface area contributed by atoms with Gasteiger partial charge >= 0.3 is 0 Å². The Hall–Kier alpha value is -3.72. The highest BCUT2D eigenvalue weighted by Gasteiger charge is 2.20. The number of nitrogens with one attached hydrogen (secondary N) is 2. The molecule has 0 fully saturated rings. The summed E-state index contributed by atoms with van der Waals surface area (Å²) in [5.74, 6) is -0.274. The molecule has 8 nitrogen and oxygen atoms in total. The third-order valence-electron chi connectivity index (χ3n) is 4.06. The van der Waals surface area contributed by atoms with E-state index in [2.05, 4.69) is 10.0 Å². The standard InChI is InChI=1S/C20H17N3O5S/c1-14(24)15-6-5-9-18(12-15)29(27,28)22-20-13-17(23(25)26)10-11-19(20)21-16-7-3-2-4-8-16/h2-13,21-22H,1H3. The molecule has 2 N–H and O–H groups in total. The molecule has 0 spiro atoms. The maximum atomic E-state index is 12.8. The Balaban J connectivity index is 2.01. The topological polar surface area (TPSA) is 118 Å². The number of hydrogen-bond donors (Lipinski definition) is 2. The van der Waals surface area contributed by atoms with Crippen LogP contribution in [0.3, 0.4) is 0 Å². The number of nitro benzene ring substituents is 1. The second-order valence-corrected chi connectivity index (χ2v) is 7.85. The lowest BCUT2D eigenvalue weighted by molar-refractivity contribution is -0.384. The summed E-state index contributed by atoms with van der Waals surface area (Å²) < 4.78 is 28.1. The first-order chi connectivity index (χ1) is 13.8. The van der Waals surface area contributed by atoms with Gasteiger partial charge < -0.3 is 5.32 Å². The third kappa shape index (κ3) is 4.77. The number of non-ortho nitro benzene ring substituents is 1. The molecule has 0 unspecified atom stereocenters. The van der Waals surface area contributed by atoms with E-state index in [0.29, 0.717) is 11.4 Å². The second-order valence-electron chi connectivity index (χ2n) is 6.17. The van der Waals surface area contributed by atoms with Gasteiger partial charge in [-0.3, -0.25) is 19.6 Å². The lowest BCUT2D eigenvalue weighted by Gasteiger charge is -2.14. The zero-order valence-corrected chi connectivity index (χ0v) is 16.1. The normalized spacial score (nSPS) is 10.9. The molecular formula is C20H17N3O5S. The SMILES string of the molecule is CC(=O)c1cccc(S(=O)(=O)Nc2cc([N+](=O)[O-])ccc2Nc2ccccc2)c1. The molecular weight excluding hydrogens is 394 g/mol. The van der Waals surface area contributed by atoms with Crippen molar-refractivity contribution in [2.75, 3.05) is 10.0 Å². The van der Waals surface area contributed by atoms with E-state index in [-0.39, 0.29) is 27.6 Å². The Morgan fingerprint density at radius 1 is 0.931 bits per heavy atom. The minimum absolute atomic E-state index is 0.0104. The van der Waals surface area contributed by atoms with Gasteiger partial charge in [-0.25, -0.2) is 8.42 Å². The largest absolute Gasteiger partial charge is 0.354 e. The van der Waals surface area contributed by atoms with E-state index in [1.807, 2.05) is 6.07 Å². The zero-order valence-electron chi connectivity index (χ0n) is 15.3. The number of benzene rings is 3. The number of rotatable bonds is 7. The van der Waals surface area contributed by atoms with Crippen molar-refractivity contribution in [1.82, 2.24) is 0 Å². The van der Waals surface area contributed by atoms with E-state index in [1.54, 1.807) is 24.3 Å². The quantitative estimate of drug-likeness (QED) is 0.339. The third-order valence-corrected chi connectivity index (χ3v) is 5.43. The molecule has 0 saturated carbocycles. The van der Waals surface area contributed by atoms with Crippen LogP contribution in [0.1, 0.15) is 17.3 Å². The van der Waals surface area contributed by atoms with Crippen molar-refractivity contribution in [3.63, 3.8) is 0 Å². The maximum absolute atomic E-state index is 12.8. The number of ketones is 1. The van der Waals surface area contributed by atoms with Gasteiger partial charge in [0.15, 0.2) is 5.78 Å². The molecule has 0 aliphatic rings. The van der Waals surface area contributed by atoms with Crippen molar-refractivity contribution in [3.05, 3.63) is 88.5 Å². The minimum atomic E-state index is -4.09. The van der Waals surface area contributed by atoms with Gasteiger partial charge in [0.25, 0.3) is 15.7 Å². The average molecular weight is 411 g/mol. The van der Waals surface area contributed by atoms with Gasteiger partial charge in [-0.2, -0.15) is 0 Å². The van der Waals surface area contributed by atoms with Crippen LogP contribution in [0.4, 0.5) is 22.7 Å². The summed E-state index contributed by atoms with van der Waals surface area (Å²) in [6, 6.07) is 18.4. The first kappa shape index (κ1) is 20.0. The summed E-state index contributed by atoms with van der Waals surface area (Å²) in [7, 11) is -4.09. The molecule has 0 aliphatic carbocycles. The summed E-state index contributed by atoms with van der Waals surface area (Å²) in [5, 5.41) is 14.2. The van der Waals surface area contributed by atoms with Crippen LogP contribution < -0.4 is 10.0 Å². The molecule has 0 radical (unpaired) electrons. The van der Waals surface area contributed by atoms with E-state index >= 15 is 0 Å². The molecule has 29 heavy (non-hydrogen) atoms. The molecule has 0 aliphatic heterocycles. The Kier molecular flexibility index (Phi) is 5.60. The predicted octanol–water partition coefficient (Wildman–Crippen LogP) is 4.34. The molecule has 0 heterocycles. The number of nitrogens with zero attached hydrogens (tertiary/aromatic N) is 1. The summed E-state index contributed by atoms with van der Waals surface area (Å²) in [6.45, 7) is 1.33. The van der Waals surface area contributed by atoms with Gasteiger partial charge in [0.1, 0.15) is 0 Å². The number of nitro groups is 1. The highest BCUT2D eigenvalue weighted by molar-refractivity contribution is 7.92. The van der Waals surface area contributed by atoms with Gasteiger partial charge in [0, 0.05) is 23.4 Å². The average Bonchev–Trinajstić information content (AvgIpc) is 2.70. The van der Waals surface area contributed by atoms with Crippen molar-refractivity contribution in [1.29, 1.82) is 0 Å². The van der Waals surface area contributed by atoms with Gasteiger partial charge in [0.2, 0.25) is 0 Å². The summed E-state index contributed by atoms with van der Waals surface area (Å²) in [5.41, 5.74) is 1.01. The van der Waals surface area contributed by atoms with Crippen LogP contribution in [0.2, 0.25) is 0 Å². The monoisotopic (exact) mass is 411 g/mol. The maximum Gasteiger partial charge on any atom is 0.271 e. The fourth-order valence-electron chi connectivity index (χ4n) is 2.60. The van der Waals surface area contributed by atoms with Crippen molar-refractivity contribution in [2.45, 2.75) is 11.8 Å². The van der Waals surface area contributed by atoms with E-state index < -0.39 is 14.9 Å². The van der Waals surface area contributed by atoms with Crippen molar-refractivity contribution < 1.29 is 18.1 Å². The molecule has 0 aromatic heterocycles. The molecule has 3 aromatic rings. The first-order valence-electron chi connectivity index (χ1n) is 8.50. The van der Waals surface area contributed by atoms with E-state index in [1.165, 1.54) is 43.3 Å². The summed E-state index contributed by atoms with van der Waals surface area (Å²) >= 11 is 0. The Labute approximate surface area is 167 Å². The molecule has 9 heteroatoms. The smallest absolute Gasteiger partial charge is 0.271 e. The van der Waals surface area contributed by atoms with Gasteiger partial charge in [-0.15, -0.1) is 0 Å². The van der Waals surface area contributed by atoms with Crippen LogP contribution in [-0.2, 0) is 10.0 Å². The molecule has 3 aromatic carbocycles. The molecule has 148 valence electrons. The minimum Gasteiger partial charge on any atom is -0.354 e. The van der Waals surface area contributed by atoms with Crippen LogP contribution in [0.15, 0.2) is 77.7 Å². The lowest BCUT2D eigenvalue weighted by atomic mass is 10.2. The highest BCUT2D eigenvalue weighted by Crippen LogP contribution is 2.31. The summed E-state index contributed by atoms with van der Waals surface area (Å²) in [4.78, 5) is 22.0. The van der Waals surface area contributed by atoms with E-state index in [0.717, 1.165) is 6.07 Å². The van der Waals surface area contributed by atoms with Gasteiger partial charge in [-0.1, -0.05) is 30.3 Å².